The molecule has 132 valence electrons. The van der Waals surface area contributed by atoms with Crippen molar-refractivity contribution in [1.82, 2.24) is 9.55 Å². The minimum absolute atomic E-state index is 0.0533. The molecule has 0 fully saturated rings. The Labute approximate surface area is 162 Å². The van der Waals surface area contributed by atoms with Crippen molar-refractivity contribution in [3.63, 3.8) is 0 Å². The summed E-state index contributed by atoms with van der Waals surface area (Å²) < 4.78 is 12.6. The highest BCUT2D eigenvalue weighted by atomic mass is 79.9. The Morgan fingerprint density at radius 1 is 1.23 bits per heavy atom. The van der Waals surface area contributed by atoms with Crippen molar-refractivity contribution in [2.75, 3.05) is 6.79 Å². The van der Waals surface area contributed by atoms with Crippen LogP contribution in [0.25, 0.3) is 11.4 Å². The maximum atomic E-state index is 11.8. The average Bonchev–Trinajstić information content (AvgIpc) is 3.19. The van der Waals surface area contributed by atoms with Crippen LogP contribution in [-0.2, 0) is 6.54 Å². The molecular weight excluding hydrogens is 424 g/mol. The zero-order chi connectivity index (χ0) is 18.3. The number of ether oxygens (including phenoxy) is 2. The Kier molecular flexibility index (Phi) is 4.34. The second-order valence-electron chi connectivity index (χ2n) is 5.63. The van der Waals surface area contributed by atoms with Gasteiger partial charge in [0.2, 0.25) is 6.79 Å². The molecule has 0 aliphatic carbocycles. The molecule has 2 aromatic carbocycles. The Morgan fingerprint density at radius 2 is 1.92 bits per heavy atom. The van der Waals surface area contributed by atoms with Crippen molar-refractivity contribution < 1.29 is 19.4 Å². The number of nitrogens with zero attached hydrogens (tertiary/aromatic N) is 2. The third-order valence-corrected chi connectivity index (χ3v) is 4.93. The Bertz CT molecular complexity index is 1000. The number of carboxylic acids is 1. The molecule has 8 heteroatoms. The molecule has 26 heavy (non-hydrogen) atoms. The fourth-order valence-corrected chi connectivity index (χ4v) is 3.60. The molecule has 4 rings (SSSR count). The van der Waals surface area contributed by atoms with Gasteiger partial charge in [0, 0.05) is 16.7 Å². The van der Waals surface area contributed by atoms with E-state index >= 15 is 0 Å². The smallest absolute Gasteiger partial charge is 0.355 e. The molecule has 0 spiro atoms. The maximum Gasteiger partial charge on any atom is 0.355 e. The first-order chi connectivity index (χ1) is 12.5. The minimum Gasteiger partial charge on any atom is -0.476 e. The van der Waals surface area contributed by atoms with E-state index in [2.05, 4.69) is 20.9 Å². The van der Waals surface area contributed by atoms with Gasteiger partial charge in [0.05, 0.1) is 6.54 Å². The number of benzene rings is 2. The van der Waals surface area contributed by atoms with Crippen LogP contribution in [0.15, 0.2) is 47.1 Å². The molecule has 1 aliphatic heterocycles. The number of carboxylic acid groups (broad SMARTS) is 1. The predicted molar refractivity (Wildman–Crippen MR) is 99.0 cm³/mol. The Balaban J connectivity index is 1.84. The summed E-state index contributed by atoms with van der Waals surface area (Å²) in [5, 5.41) is 10.1. The van der Waals surface area contributed by atoms with Crippen molar-refractivity contribution in [2.45, 2.75) is 6.54 Å². The first kappa shape index (κ1) is 16.9. The van der Waals surface area contributed by atoms with Crippen molar-refractivity contribution in [1.29, 1.82) is 0 Å². The number of rotatable bonds is 4. The summed E-state index contributed by atoms with van der Waals surface area (Å²) in [7, 11) is 0. The standard InChI is InChI=1S/C18H12BrClN2O4/c19-16-15(18(23)24)22(17(21-16)10-4-2-1-3-5-10)8-11-6-13-14(7-12(11)20)26-9-25-13/h1-7H,8-9H2,(H,23,24). The second kappa shape index (κ2) is 6.66. The number of fused-ring (bicyclic) bond motifs is 1. The normalized spacial score (nSPS) is 12.4. The van der Waals surface area contributed by atoms with Gasteiger partial charge in [-0.05, 0) is 27.6 Å². The summed E-state index contributed by atoms with van der Waals surface area (Å²) in [5.41, 5.74) is 1.57. The van der Waals surface area contributed by atoms with E-state index in [1.165, 1.54) is 0 Å². The van der Waals surface area contributed by atoms with Gasteiger partial charge in [-0.1, -0.05) is 41.9 Å². The zero-order valence-corrected chi connectivity index (χ0v) is 15.6. The van der Waals surface area contributed by atoms with Gasteiger partial charge in [-0.3, -0.25) is 0 Å². The highest BCUT2D eigenvalue weighted by molar-refractivity contribution is 9.10. The molecule has 0 unspecified atom stereocenters. The van der Waals surface area contributed by atoms with Crippen LogP contribution in [0, 0.1) is 0 Å². The van der Waals surface area contributed by atoms with Crippen LogP contribution in [0.4, 0.5) is 0 Å². The van der Waals surface area contributed by atoms with Crippen LogP contribution in [0.5, 0.6) is 11.5 Å². The molecule has 1 aromatic heterocycles. The Hall–Kier alpha value is -2.51. The van der Waals surface area contributed by atoms with Crippen LogP contribution < -0.4 is 9.47 Å². The summed E-state index contributed by atoms with van der Waals surface area (Å²) in [6.07, 6.45) is 0. The lowest BCUT2D eigenvalue weighted by Crippen LogP contribution is -2.11. The summed E-state index contributed by atoms with van der Waals surface area (Å²) in [5.74, 6) is 0.612. The van der Waals surface area contributed by atoms with Gasteiger partial charge in [-0.25, -0.2) is 9.78 Å². The first-order valence-corrected chi connectivity index (χ1v) is 8.84. The van der Waals surface area contributed by atoms with Gasteiger partial charge < -0.3 is 19.1 Å². The summed E-state index contributed by atoms with van der Waals surface area (Å²) in [4.78, 5) is 16.2. The first-order valence-electron chi connectivity index (χ1n) is 7.67. The second-order valence-corrected chi connectivity index (χ2v) is 6.79. The Morgan fingerprint density at radius 3 is 2.62 bits per heavy atom. The molecular formula is C18H12BrClN2O4. The van der Waals surface area contributed by atoms with E-state index in [9.17, 15) is 9.90 Å². The van der Waals surface area contributed by atoms with Crippen LogP contribution in [-0.4, -0.2) is 27.4 Å². The van der Waals surface area contributed by atoms with E-state index < -0.39 is 5.97 Å². The van der Waals surface area contributed by atoms with Gasteiger partial charge >= 0.3 is 5.97 Å². The van der Waals surface area contributed by atoms with Crippen LogP contribution in [0.3, 0.4) is 0 Å². The zero-order valence-electron chi connectivity index (χ0n) is 13.3. The number of aromatic nitrogens is 2. The van der Waals surface area contributed by atoms with E-state index in [1.807, 2.05) is 30.3 Å². The molecule has 1 N–H and O–H groups in total. The van der Waals surface area contributed by atoms with Crippen molar-refractivity contribution >= 4 is 33.5 Å². The van der Waals surface area contributed by atoms with Crippen molar-refractivity contribution in [3.8, 4) is 22.9 Å². The third kappa shape index (κ3) is 2.93. The molecule has 0 atom stereocenters. The molecule has 1 aliphatic rings. The maximum absolute atomic E-state index is 11.8. The van der Waals surface area contributed by atoms with Crippen molar-refractivity contribution in [2.24, 2.45) is 0 Å². The molecule has 0 radical (unpaired) electrons. The van der Waals surface area contributed by atoms with Crippen LogP contribution in [0.2, 0.25) is 5.02 Å². The fraction of sp³-hybridized carbons (Fsp3) is 0.111. The number of aromatic carboxylic acids is 1. The molecule has 6 nitrogen and oxygen atoms in total. The highest BCUT2D eigenvalue weighted by Crippen LogP contribution is 2.38. The SMILES string of the molecule is O=C(O)c1c(Br)nc(-c2ccccc2)n1Cc1cc2c(cc1Cl)OCO2. The van der Waals surface area contributed by atoms with Gasteiger partial charge in [0.25, 0.3) is 0 Å². The van der Waals surface area contributed by atoms with Gasteiger partial charge in [0.15, 0.2) is 17.2 Å². The van der Waals surface area contributed by atoms with Gasteiger partial charge in [-0.2, -0.15) is 0 Å². The fourth-order valence-electron chi connectivity index (χ4n) is 2.84. The molecule has 0 saturated carbocycles. The number of halogens is 2. The molecule has 2 heterocycles. The molecule has 0 amide bonds. The van der Waals surface area contributed by atoms with Crippen LogP contribution >= 0.6 is 27.5 Å². The third-order valence-electron chi connectivity index (χ3n) is 4.03. The van der Waals surface area contributed by atoms with E-state index in [0.717, 1.165) is 5.56 Å². The summed E-state index contributed by atoms with van der Waals surface area (Å²) >= 11 is 9.62. The summed E-state index contributed by atoms with van der Waals surface area (Å²) in [6, 6.07) is 12.8. The van der Waals surface area contributed by atoms with E-state index in [0.29, 0.717) is 27.9 Å². The number of carbonyl (C=O) groups is 1. The lowest BCUT2D eigenvalue weighted by Gasteiger charge is -2.12. The number of hydrogen-bond donors (Lipinski definition) is 1. The van der Waals surface area contributed by atoms with Gasteiger partial charge in [-0.15, -0.1) is 0 Å². The van der Waals surface area contributed by atoms with E-state index in [4.69, 9.17) is 21.1 Å². The highest BCUT2D eigenvalue weighted by Gasteiger charge is 2.24. The van der Waals surface area contributed by atoms with E-state index in [-0.39, 0.29) is 23.6 Å². The lowest BCUT2D eigenvalue weighted by molar-refractivity contribution is 0.0684. The lowest BCUT2D eigenvalue weighted by atomic mass is 10.1. The van der Waals surface area contributed by atoms with Crippen LogP contribution in [0.1, 0.15) is 16.1 Å². The predicted octanol–water partition coefficient (Wildman–Crippen LogP) is 4.44. The molecule has 0 saturated heterocycles. The van der Waals surface area contributed by atoms with E-state index in [1.54, 1.807) is 16.7 Å². The largest absolute Gasteiger partial charge is 0.476 e. The van der Waals surface area contributed by atoms with Crippen molar-refractivity contribution in [3.05, 3.63) is 63.3 Å². The molecule has 3 aromatic rings. The average molecular weight is 436 g/mol. The topological polar surface area (TPSA) is 73.6 Å². The minimum atomic E-state index is -1.08. The monoisotopic (exact) mass is 434 g/mol. The summed E-state index contributed by atoms with van der Waals surface area (Å²) in [6.45, 7) is 0.362. The quantitative estimate of drug-likeness (QED) is 0.656. The number of imidazole rings is 1. The molecule has 0 bridgehead atoms. The number of hydrogen-bond acceptors (Lipinski definition) is 4. The van der Waals surface area contributed by atoms with Gasteiger partial charge in [0.1, 0.15) is 10.4 Å².